The SMILES string of the molecule is CSc1ccc(C=NNC(N)=S)c(SC)n1. The quantitative estimate of drug-likeness (QED) is 0.376. The third-order valence-electron chi connectivity index (χ3n) is 1.65. The maximum absolute atomic E-state index is 5.26. The van der Waals surface area contributed by atoms with E-state index in [4.69, 9.17) is 5.73 Å². The van der Waals surface area contributed by atoms with Crippen molar-refractivity contribution in [1.29, 1.82) is 0 Å². The predicted octanol–water partition coefficient (Wildman–Crippen LogP) is 1.69. The molecule has 0 unspecified atom stereocenters. The number of hydrogen-bond acceptors (Lipinski definition) is 5. The molecule has 0 bridgehead atoms. The van der Waals surface area contributed by atoms with Gasteiger partial charge in [0, 0.05) is 5.56 Å². The normalized spacial score (nSPS) is 10.6. The molecule has 1 aromatic rings. The fraction of sp³-hybridized carbons (Fsp3) is 0.222. The Balaban J connectivity index is 2.87. The molecule has 7 heteroatoms. The second kappa shape index (κ2) is 6.72. The molecule has 0 saturated heterocycles. The van der Waals surface area contributed by atoms with Crippen LogP contribution in [-0.2, 0) is 0 Å². The lowest BCUT2D eigenvalue weighted by molar-refractivity contribution is 0.995. The number of pyridine rings is 1. The van der Waals surface area contributed by atoms with Crippen molar-refractivity contribution < 1.29 is 0 Å². The van der Waals surface area contributed by atoms with Crippen molar-refractivity contribution in [3.05, 3.63) is 17.7 Å². The minimum atomic E-state index is 0.149. The Kier molecular flexibility index (Phi) is 5.58. The molecule has 0 radical (unpaired) electrons. The largest absolute Gasteiger partial charge is 0.375 e. The maximum Gasteiger partial charge on any atom is 0.184 e. The van der Waals surface area contributed by atoms with Crippen molar-refractivity contribution in [2.24, 2.45) is 10.8 Å². The van der Waals surface area contributed by atoms with Gasteiger partial charge in [-0.1, -0.05) is 0 Å². The molecule has 0 spiro atoms. The average molecular weight is 272 g/mol. The van der Waals surface area contributed by atoms with E-state index in [1.54, 1.807) is 29.7 Å². The summed E-state index contributed by atoms with van der Waals surface area (Å²) in [5.41, 5.74) is 8.70. The average Bonchev–Trinajstić information content (AvgIpc) is 2.29. The number of nitrogens with two attached hydrogens (primary N) is 1. The molecule has 0 atom stereocenters. The van der Waals surface area contributed by atoms with Crippen LogP contribution in [0.4, 0.5) is 0 Å². The number of aromatic nitrogens is 1. The van der Waals surface area contributed by atoms with Crippen molar-refractivity contribution in [3.8, 4) is 0 Å². The molecule has 0 aromatic carbocycles. The summed E-state index contributed by atoms with van der Waals surface area (Å²) in [7, 11) is 0. The second-order valence-corrected chi connectivity index (χ2v) is 4.75. The van der Waals surface area contributed by atoms with Gasteiger partial charge in [-0.15, -0.1) is 23.5 Å². The Labute approximate surface area is 108 Å². The van der Waals surface area contributed by atoms with Crippen LogP contribution in [0.2, 0.25) is 0 Å². The zero-order valence-electron chi connectivity index (χ0n) is 8.93. The van der Waals surface area contributed by atoms with Crippen LogP contribution in [0.1, 0.15) is 5.56 Å². The molecule has 0 fully saturated rings. The molecule has 0 aliphatic carbocycles. The van der Waals surface area contributed by atoms with Gasteiger partial charge < -0.3 is 5.73 Å². The van der Waals surface area contributed by atoms with Crippen molar-refractivity contribution >= 4 is 47.1 Å². The third-order valence-corrected chi connectivity index (χ3v) is 3.10. The van der Waals surface area contributed by atoms with E-state index in [2.05, 4.69) is 27.7 Å². The van der Waals surface area contributed by atoms with Gasteiger partial charge in [-0.25, -0.2) is 4.98 Å². The summed E-state index contributed by atoms with van der Waals surface area (Å²) in [4.78, 5) is 4.45. The zero-order chi connectivity index (χ0) is 12.0. The summed E-state index contributed by atoms with van der Waals surface area (Å²) in [5.74, 6) is 0. The molecule has 0 aliphatic heterocycles. The van der Waals surface area contributed by atoms with Gasteiger partial charge in [0.1, 0.15) is 5.03 Å². The van der Waals surface area contributed by atoms with E-state index in [0.717, 1.165) is 15.6 Å². The Bertz CT molecular complexity index is 406. The Morgan fingerprint density at radius 2 is 2.25 bits per heavy atom. The first-order valence-electron chi connectivity index (χ1n) is 4.35. The molecule has 4 nitrogen and oxygen atoms in total. The first-order chi connectivity index (χ1) is 7.67. The minimum Gasteiger partial charge on any atom is -0.375 e. The van der Waals surface area contributed by atoms with E-state index in [1.165, 1.54) is 0 Å². The second-order valence-electron chi connectivity index (χ2n) is 2.69. The molecule has 3 N–H and O–H groups in total. The van der Waals surface area contributed by atoms with E-state index < -0.39 is 0 Å². The van der Waals surface area contributed by atoms with E-state index in [9.17, 15) is 0 Å². The summed E-state index contributed by atoms with van der Waals surface area (Å²) in [6, 6.07) is 3.92. The summed E-state index contributed by atoms with van der Waals surface area (Å²) in [6.45, 7) is 0. The third kappa shape index (κ3) is 3.99. The molecule has 0 aliphatic rings. The lowest BCUT2D eigenvalue weighted by atomic mass is 10.3. The van der Waals surface area contributed by atoms with Crippen molar-refractivity contribution in [1.82, 2.24) is 10.4 Å². The Morgan fingerprint density at radius 3 is 2.81 bits per heavy atom. The highest BCUT2D eigenvalue weighted by atomic mass is 32.2. The lowest BCUT2D eigenvalue weighted by Gasteiger charge is -2.03. The Hall–Kier alpha value is -0.790. The first kappa shape index (κ1) is 13.3. The van der Waals surface area contributed by atoms with Crippen LogP contribution < -0.4 is 11.2 Å². The van der Waals surface area contributed by atoms with Crippen LogP contribution in [0.3, 0.4) is 0 Å². The van der Waals surface area contributed by atoms with Crippen LogP contribution in [0.5, 0.6) is 0 Å². The van der Waals surface area contributed by atoms with E-state index in [1.807, 2.05) is 24.6 Å². The minimum absolute atomic E-state index is 0.149. The van der Waals surface area contributed by atoms with Gasteiger partial charge in [-0.3, -0.25) is 5.43 Å². The number of nitrogens with one attached hydrogen (secondary N) is 1. The molecule has 1 rings (SSSR count). The summed E-state index contributed by atoms with van der Waals surface area (Å²) in [6.07, 6.45) is 5.63. The van der Waals surface area contributed by atoms with Crippen LogP contribution in [0.25, 0.3) is 0 Å². The summed E-state index contributed by atoms with van der Waals surface area (Å²) in [5, 5.41) is 5.97. The van der Waals surface area contributed by atoms with Crippen LogP contribution in [0, 0.1) is 0 Å². The molecule has 1 aromatic heterocycles. The van der Waals surface area contributed by atoms with Gasteiger partial charge in [0.25, 0.3) is 0 Å². The topological polar surface area (TPSA) is 63.3 Å². The van der Waals surface area contributed by atoms with Crippen molar-refractivity contribution in [2.45, 2.75) is 10.1 Å². The van der Waals surface area contributed by atoms with Crippen molar-refractivity contribution in [3.63, 3.8) is 0 Å². The fourth-order valence-corrected chi connectivity index (χ4v) is 2.02. The number of thioether (sulfide) groups is 2. The predicted molar refractivity (Wildman–Crippen MR) is 75.3 cm³/mol. The van der Waals surface area contributed by atoms with Gasteiger partial charge in [-0.05, 0) is 36.9 Å². The van der Waals surface area contributed by atoms with Gasteiger partial charge >= 0.3 is 0 Å². The van der Waals surface area contributed by atoms with E-state index >= 15 is 0 Å². The molecule has 16 heavy (non-hydrogen) atoms. The molecule has 86 valence electrons. The number of thiocarbonyl (C=S) groups is 1. The molecule has 0 amide bonds. The molecule has 0 saturated carbocycles. The Morgan fingerprint density at radius 1 is 1.50 bits per heavy atom. The highest BCUT2D eigenvalue weighted by Gasteiger charge is 2.02. The van der Waals surface area contributed by atoms with Gasteiger partial charge in [0.2, 0.25) is 0 Å². The van der Waals surface area contributed by atoms with Crippen LogP contribution >= 0.6 is 35.7 Å². The highest BCUT2D eigenvalue weighted by molar-refractivity contribution is 7.99. The monoisotopic (exact) mass is 272 g/mol. The van der Waals surface area contributed by atoms with E-state index in [0.29, 0.717) is 0 Å². The van der Waals surface area contributed by atoms with Crippen molar-refractivity contribution in [2.75, 3.05) is 12.5 Å². The van der Waals surface area contributed by atoms with Crippen LogP contribution in [-0.4, -0.2) is 28.8 Å². The molecular weight excluding hydrogens is 260 g/mol. The standard InChI is InChI=1S/C9H12N4S3/c1-15-7-4-3-6(8(12-7)16-2)5-11-13-9(10)14/h3-5H,1-2H3,(H3,10,13,14). The zero-order valence-corrected chi connectivity index (χ0v) is 11.4. The number of hydrogen-bond donors (Lipinski definition) is 2. The molecule has 1 heterocycles. The highest BCUT2D eigenvalue weighted by Crippen LogP contribution is 2.20. The van der Waals surface area contributed by atoms with Gasteiger partial charge in [-0.2, -0.15) is 5.10 Å². The maximum atomic E-state index is 5.26. The van der Waals surface area contributed by atoms with Gasteiger partial charge in [0.15, 0.2) is 5.11 Å². The fourth-order valence-electron chi connectivity index (χ4n) is 0.975. The number of rotatable bonds is 4. The smallest absolute Gasteiger partial charge is 0.184 e. The summed E-state index contributed by atoms with van der Waals surface area (Å²) >= 11 is 7.83. The molecular formula is C9H12N4S3. The lowest BCUT2D eigenvalue weighted by Crippen LogP contribution is -2.24. The summed E-state index contributed by atoms with van der Waals surface area (Å²) < 4.78 is 0. The first-order valence-corrected chi connectivity index (χ1v) is 7.20. The number of hydrazone groups is 1. The van der Waals surface area contributed by atoms with Gasteiger partial charge in [0.05, 0.1) is 11.2 Å². The van der Waals surface area contributed by atoms with E-state index in [-0.39, 0.29) is 5.11 Å². The number of nitrogens with zero attached hydrogens (tertiary/aromatic N) is 2. The van der Waals surface area contributed by atoms with Crippen LogP contribution in [0.15, 0.2) is 27.3 Å².